The summed E-state index contributed by atoms with van der Waals surface area (Å²) in [6, 6.07) is 0. The number of nitrogens with one attached hydrogen (secondary N) is 2. The van der Waals surface area contributed by atoms with E-state index in [1.165, 1.54) is 0 Å². The first kappa shape index (κ1) is 5.11. The minimum Gasteiger partial charge on any atom is -0.368 e. The summed E-state index contributed by atoms with van der Waals surface area (Å²) < 4.78 is 0. The fraction of sp³-hybridized carbons (Fsp3) is 0.500. The quantitative estimate of drug-likeness (QED) is 0.447. The third-order valence-electron chi connectivity index (χ3n) is 1.59. The molecule has 2 heterocycles. The first-order chi connectivity index (χ1) is 4.47. The average molecular weight is 123 g/mol. The monoisotopic (exact) mass is 123 g/mol. The molecule has 9 heavy (non-hydrogen) atoms. The van der Waals surface area contributed by atoms with Crippen LogP contribution in [0.2, 0.25) is 0 Å². The molecule has 0 aliphatic carbocycles. The standard InChI is InChI=1S/C6H9N3/c1-3-9-4-2-8-6(9)5-7-1/h2,4,6-8H,1,3H2. The molecule has 3 heteroatoms. The van der Waals surface area contributed by atoms with Gasteiger partial charge in [-0.1, -0.05) is 0 Å². The fourth-order valence-electron chi connectivity index (χ4n) is 1.09. The fourth-order valence-corrected chi connectivity index (χ4v) is 1.09. The molecule has 0 aromatic rings. The van der Waals surface area contributed by atoms with Crippen molar-refractivity contribution in [2.45, 2.75) is 6.17 Å². The van der Waals surface area contributed by atoms with Gasteiger partial charge in [0.1, 0.15) is 12.7 Å². The minimum absolute atomic E-state index is 0.277. The topological polar surface area (TPSA) is 27.3 Å². The van der Waals surface area contributed by atoms with E-state index in [0.29, 0.717) is 0 Å². The Morgan fingerprint density at radius 2 is 2.67 bits per heavy atom. The van der Waals surface area contributed by atoms with Gasteiger partial charge in [0.15, 0.2) is 0 Å². The maximum absolute atomic E-state index is 3.13. The van der Waals surface area contributed by atoms with Crippen molar-refractivity contribution in [1.29, 1.82) is 0 Å². The van der Waals surface area contributed by atoms with Crippen molar-refractivity contribution in [3.63, 3.8) is 0 Å². The lowest BCUT2D eigenvalue weighted by Gasteiger charge is -2.29. The van der Waals surface area contributed by atoms with Crippen LogP contribution in [0, 0.1) is 6.54 Å². The molecule has 0 amide bonds. The predicted octanol–water partition coefficient (Wildman–Crippen LogP) is -0.669. The Labute approximate surface area is 54.7 Å². The normalized spacial score (nSPS) is 32.0. The minimum atomic E-state index is 0.277. The zero-order chi connectivity index (χ0) is 6.10. The summed E-state index contributed by atoms with van der Waals surface area (Å²) in [6.45, 7) is 5.16. The molecule has 0 aromatic heterocycles. The van der Waals surface area contributed by atoms with E-state index in [4.69, 9.17) is 0 Å². The smallest absolute Gasteiger partial charge is 0.121 e. The van der Waals surface area contributed by atoms with Crippen LogP contribution >= 0.6 is 0 Å². The molecule has 2 aliphatic heterocycles. The van der Waals surface area contributed by atoms with Gasteiger partial charge in [0.05, 0.1) is 0 Å². The summed E-state index contributed by atoms with van der Waals surface area (Å²) in [5.74, 6) is 0. The average Bonchev–Trinajstić information content (AvgIpc) is 2.33. The van der Waals surface area contributed by atoms with E-state index in [1.54, 1.807) is 0 Å². The van der Waals surface area contributed by atoms with Crippen molar-refractivity contribution in [1.82, 2.24) is 15.5 Å². The zero-order valence-corrected chi connectivity index (χ0v) is 5.09. The highest BCUT2D eigenvalue weighted by molar-refractivity contribution is 5.01. The summed E-state index contributed by atoms with van der Waals surface area (Å²) >= 11 is 0. The molecule has 48 valence electrons. The van der Waals surface area contributed by atoms with E-state index >= 15 is 0 Å². The van der Waals surface area contributed by atoms with Gasteiger partial charge in [-0.15, -0.1) is 0 Å². The molecule has 3 nitrogen and oxygen atoms in total. The largest absolute Gasteiger partial charge is 0.368 e. The highest BCUT2D eigenvalue weighted by Crippen LogP contribution is 2.07. The lowest BCUT2D eigenvalue weighted by molar-refractivity contribution is 0.265. The molecular formula is C6H9N3. The molecule has 2 aliphatic rings. The molecule has 1 atom stereocenters. The number of rotatable bonds is 0. The summed E-state index contributed by atoms with van der Waals surface area (Å²) in [5, 5.41) is 6.19. The van der Waals surface area contributed by atoms with Crippen molar-refractivity contribution in [3.8, 4) is 0 Å². The summed E-state index contributed by atoms with van der Waals surface area (Å²) in [6.07, 6.45) is 4.28. The summed E-state index contributed by atoms with van der Waals surface area (Å²) in [5.41, 5.74) is 0. The van der Waals surface area contributed by atoms with Gasteiger partial charge >= 0.3 is 0 Å². The van der Waals surface area contributed by atoms with Crippen LogP contribution in [0.5, 0.6) is 0 Å². The molecule has 2 radical (unpaired) electrons. The van der Waals surface area contributed by atoms with Crippen LogP contribution < -0.4 is 10.6 Å². The number of hydrogen-bond donors (Lipinski definition) is 2. The number of fused-ring (bicyclic) bond motifs is 1. The maximum Gasteiger partial charge on any atom is 0.121 e. The highest BCUT2D eigenvalue weighted by atomic mass is 15.3. The summed E-state index contributed by atoms with van der Waals surface area (Å²) in [7, 11) is 0. The van der Waals surface area contributed by atoms with Crippen LogP contribution in [0.1, 0.15) is 0 Å². The second-order valence-corrected chi connectivity index (χ2v) is 2.19. The lowest BCUT2D eigenvalue weighted by atomic mass is 10.3. The van der Waals surface area contributed by atoms with Gasteiger partial charge in [-0.25, -0.2) is 0 Å². The molecule has 0 spiro atoms. The Hall–Kier alpha value is -0.700. The van der Waals surface area contributed by atoms with Gasteiger partial charge < -0.3 is 15.5 Å². The van der Waals surface area contributed by atoms with Crippen LogP contribution in [0.15, 0.2) is 12.4 Å². The van der Waals surface area contributed by atoms with Gasteiger partial charge in [0.2, 0.25) is 0 Å². The Morgan fingerprint density at radius 1 is 1.67 bits per heavy atom. The SMILES string of the molecule is [C]1NCCN2C=CNC12. The first-order valence-electron chi connectivity index (χ1n) is 3.14. The molecule has 2 N–H and O–H groups in total. The Morgan fingerprint density at radius 3 is 3.56 bits per heavy atom. The number of piperazine rings is 1. The third kappa shape index (κ3) is 0.772. The maximum atomic E-state index is 3.13. The number of nitrogens with zero attached hydrogens (tertiary/aromatic N) is 1. The Balaban J connectivity index is 2.03. The zero-order valence-electron chi connectivity index (χ0n) is 5.09. The molecular weight excluding hydrogens is 114 g/mol. The molecule has 0 bridgehead atoms. The second-order valence-electron chi connectivity index (χ2n) is 2.19. The number of hydrogen-bond acceptors (Lipinski definition) is 3. The van der Waals surface area contributed by atoms with Crippen LogP contribution in [0.4, 0.5) is 0 Å². The van der Waals surface area contributed by atoms with Crippen molar-refractivity contribution < 1.29 is 0 Å². The van der Waals surface area contributed by atoms with Crippen LogP contribution in [0.3, 0.4) is 0 Å². The summed E-state index contributed by atoms with van der Waals surface area (Å²) in [4.78, 5) is 2.20. The third-order valence-corrected chi connectivity index (χ3v) is 1.59. The van der Waals surface area contributed by atoms with Crippen molar-refractivity contribution in [3.05, 3.63) is 18.9 Å². The van der Waals surface area contributed by atoms with Gasteiger partial charge in [-0.05, 0) is 0 Å². The second kappa shape index (κ2) is 1.92. The highest BCUT2D eigenvalue weighted by Gasteiger charge is 2.21. The van der Waals surface area contributed by atoms with Crippen molar-refractivity contribution >= 4 is 0 Å². The molecule has 1 saturated heterocycles. The van der Waals surface area contributed by atoms with Crippen molar-refractivity contribution in [2.75, 3.05) is 13.1 Å². The molecule has 1 fully saturated rings. The van der Waals surface area contributed by atoms with Crippen LogP contribution in [0.25, 0.3) is 0 Å². The Kier molecular flexibility index (Phi) is 1.09. The van der Waals surface area contributed by atoms with Crippen LogP contribution in [-0.4, -0.2) is 24.2 Å². The van der Waals surface area contributed by atoms with E-state index in [2.05, 4.69) is 28.3 Å². The van der Waals surface area contributed by atoms with Crippen LogP contribution in [-0.2, 0) is 0 Å². The first-order valence-corrected chi connectivity index (χ1v) is 3.14. The van der Waals surface area contributed by atoms with E-state index in [0.717, 1.165) is 13.1 Å². The Bertz CT molecular complexity index is 132. The molecule has 0 aromatic carbocycles. The van der Waals surface area contributed by atoms with Gasteiger partial charge in [-0.2, -0.15) is 0 Å². The van der Waals surface area contributed by atoms with E-state index in [-0.39, 0.29) is 6.17 Å². The lowest BCUT2D eigenvalue weighted by Crippen LogP contribution is -2.47. The van der Waals surface area contributed by atoms with E-state index in [1.807, 2.05) is 6.20 Å². The predicted molar refractivity (Wildman–Crippen MR) is 34.0 cm³/mol. The van der Waals surface area contributed by atoms with Gasteiger partial charge in [0.25, 0.3) is 0 Å². The van der Waals surface area contributed by atoms with Gasteiger partial charge in [0, 0.05) is 25.5 Å². The van der Waals surface area contributed by atoms with E-state index in [9.17, 15) is 0 Å². The van der Waals surface area contributed by atoms with Crippen molar-refractivity contribution in [2.24, 2.45) is 0 Å². The van der Waals surface area contributed by atoms with E-state index < -0.39 is 0 Å². The molecule has 2 rings (SSSR count). The molecule has 1 unspecified atom stereocenters. The van der Waals surface area contributed by atoms with Gasteiger partial charge in [-0.3, -0.25) is 0 Å². The molecule has 0 saturated carbocycles.